The molecule has 0 aliphatic carbocycles. The molecule has 1 saturated heterocycles. The van der Waals surface area contributed by atoms with Gasteiger partial charge in [-0.15, -0.1) is 0 Å². The van der Waals surface area contributed by atoms with E-state index < -0.39 is 17.9 Å². The number of nitrogens with one attached hydrogen (secondary N) is 1. The first-order valence-electron chi connectivity index (χ1n) is 7.29. The fourth-order valence-electron chi connectivity index (χ4n) is 2.49. The number of rotatable bonds is 3. The third kappa shape index (κ3) is 3.61. The molecule has 1 N–H and O–H groups in total. The number of carbonyl (C=O) groups excluding carboxylic acids is 1. The number of nitrogens with zero attached hydrogens (tertiary/aromatic N) is 4. The average molecular weight is 337 g/mol. The molecule has 1 aliphatic rings. The van der Waals surface area contributed by atoms with Crippen LogP contribution in [0.25, 0.3) is 0 Å². The number of alkyl halides is 3. The molecule has 1 aliphatic heterocycles. The van der Waals surface area contributed by atoms with Crippen molar-refractivity contribution in [2.45, 2.75) is 18.6 Å². The smallest absolute Gasteiger partial charge is 0.354 e. The molecule has 3 heterocycles. The molecule has 2 aromatic rings. The summed E-state index contributed by atoms with van der Waals surface area (Å²) in [6, 6.07) is 5.48. The maximum absolute atomic E-state index is 12.4. The van der Waals surface area contributed by atoms with Crippen LogP contribution in [0.2, 0.25) is 0 Å². The lowest BCUT2D eigenvalue weighted by Gasteiger charge is -2.17. The third-order valence-corrected chi connectivity index (χ3v) is 3.66. The van der Waals surface area contributed by atoms with Gasteiger partial charge in [-0.05, 0) is 18.6 Å². The van der Waals surface area contributed by atoms with Gasteiger partial charge in [-0.25, -0.2) is 15.0 Å². The fourth-order valence-corrected chi connectivity index (χ4v) is 2.49. The van der Waals surface area contributed by atoms with Crippen LogP contribution in [0.4, 0.5) is 19.0 Å². The zero-order valence-electron chi connectivity index (χ0n) is 12.5. The molecule has 0 saturated carbocycles. The lowest BCUT2D eigenvalue weighted by atomic mass is 10.2. The Balaban J connectivity index is 1.60. The highest BCUT2D eigenvalue weighted by atomic mass is 19.4. The molecule has 9 heteroatoms. The number of carbonyl (C=O) groups is 1. The van der Waals surface area contributed by atoms with Crippen molar-refractivity contribution in [3.8, 4) is 0 Å². The van der Waals surface area contributed by atoms with Crippen LogP contribution in [0.1, 0.15) is 22.6 Å². The molecule has 0 bridgehead atoms. The Morgan fingerprint density at radius 1 is 1.21 bits per heavy atom. The molecule has 0 unspecified atom stereocenters. The fraction of sp³-hybridized carbons (Fsp3) is 0.333. The zero-order chi connectivity index (χ0) is 17.2. The monoisotopic (exact) mass is 337 g/mol. The number of pyridine rings is 1. The number of aromatic nitrogens is 3. The van der Waals surface area contributed by atoms with Crippen LogP contribution < -0.4 is 10.2 Å². The largest absolute Gasteiger partial charge is 0.451 e. The topological polar surface area (TPSA) is 71.0 Å². The Morgan fingerprint density at radius 3 is 2.58 bits per heavy atom. The molecular formula is C15H14F3N5O. The van der Waals surface area contributed by atoms with Crippen LogP contribution in [0, 0.1) is 0 Å². The second kappa shape index (κ2) is 6.42. The predicted octanol–water partition coefficient (Wildman–Crippen LogP) is 1.90. The van der Waals surface area contributed by atoms with Crippen molar-refractivity contribution in [3.05, 3.63) is 48.2 Å². The Bertz CT molecular complexity index is 705. The summed E-state index contributed by atoms with van der Waals surface area (Å²) in [6.07, 6.45) is -0.429. The minimum absolute atomic E-state index is 0.000661. The molecule has 1 fully saturated rings. The van der Waals surface area contributed by atoms with Crippen molar-refractivity contribution in [1.82, 2.24) is 20.3 Å². The van der Waals surface area contributed by atoms with Crippen molar-refractivity contribution in [3.63, 3.8) is 0 Å². The standard InChI is InChI=1S/C15H14F3N5O/c16-15(17,18)14-20-7-10(8-21-14)13(24)22-11-4-6-23(9-11)12-3-1-2-5-19-12/h1-3,5,7-8,11H,4,6,9H2,(H,22,24)/t11-/m0/s1. The summed E-state index contributed by atoms with van der Waals surface area (Å²) in [5.74, 6) is -0.926. The quantitative estimate of drug-likeness (QED) is 0.926. The first-order chi connectivity index (χ1) is 11.4. The molecule has 2 aromatic heterocycles. The van der Waals surface area contributed by atoms with E-state index >= 15 is 0 Å². The summed E-state index contributed by atoms with van der Waals surface area (Å²) in [5, 5.41) is 2.78. The molecule has 24 heavy (non-hydrogen) atoms. The van der Waals surface area contributed by atoms with Gasteiger partial charge in [0.05, 0.1) is 5.56 Å². The van der Waals surface area contributed by atoms with E-state index in [9.17, 15) is 18.0 Å². The maximum Gasteiger partial charge on any atom is 0.451 e. The third-order valence-electron chi connectivity index (χ3n) is 3.66. The number of anilines is 1. The van der Waals surface area contributed by atoms with Crippen LogP contribution in [-0.2, 0) is 6.18 Å². The van der Waals surface area contributed by atoms with Crippen LogP contribution >= 0.6 is 0 Å². The Morgan fingerprint density at radius 2 is 1.96 bits per heavy atom. The Hall–Kier alpha value is -2.71. The second-order valence-corrected chi connectivity index (χ2v) is 5.39. The lowest BCUT2D eigenvalue weighted by Crippen LogP contribution is -2.37. The molecular weight excluding hydrogens is 323 g/mol. The van der Waals surface area contributed by atoms with Gasteiger partial charge < -0.3 is 10.2 Å². The van der Waals surface area contributed by atoms with Crippen molar-refractivity contribution in [2.24, 2.45) is 0 Å². The van der Waals surface area contributed by atoms with E-state index in [-0.39, 0.29) is 11.6 Å². The zero-order valence-corrected chi connectivity index (χ0v) is 12.5. The summed E-state index contributed by atoms with van der Waals surface area (Å²) in [7, 11) is 0. The summed E-state index contributed by atoms with van der Waals surface area (Å²) < 4.78 is 37.2. The van der Waals surface area contributed by atoms with Crippen LogP contribution in [0.5, 0.6) is 0 Å². The highest BCUT2D eigenvalue weighted by Crippen LogP contribution is 2.25. The van der Waals surface area contributed by atoms with Crippen LogP contribution in [-0.4, -0.2) is 40.0 Å². The van der Waals surface area contributed by atoms with E-state index in [0.29, 0.717) is 6.54 Å². The van der Waals surface area contributed by atoms with Gasteiger partial charge in [0.25, 0.3) is 5.91 Å². The van der Waals surface area contributed by atoms with E-state index in [2.05, 4.69) is 20.3 Å². The molecule has 3 rings (SSSR count). The molecule has 1 amide bonds. The summed E-state index contributed by atoms with van der Waals surface area (Å²) in [4.78, 5) is 24.8. The number of halogens is 3. The van der Waals surface area contributed by atoms with Gasteiger partial charge >= 0.3 is 6.18 Å². The van der Waals surface area contributed by atoms with Gasteiger partial charge in [-0.1, -0.05) is 6.07 Å². The van der Waals surface area contributed by atoms with Crippen molar-refractivity contribution in [2.75, 3.05) is 18.0 Å². The van der Waals surface area contributed by atoms with Crippen molar-refractivity contribution < 1.29 is 18.0 Å². The van der Waals surface area contributed by atoms with Crippen molar-refractivity contribution >= 4 is 11.7 Å². The minimum atomic E-state index is -4.62. The minimum Gasteiger partial charge on any atom is -0.354 e. The maximum atomic E-state index is 12.4. The van der Waals surface area contributed by atoms with Gasteiger partial charge in [-0.2, -0.15) is 13.2 Å². The predicted molar refractivity (Wildman–Crippen MR) is 79.4 cm³/mol. The normalized spacial score (nSPS) is 17.8. The molecule has 1 atom stereocenters. The van der Waals surface area contributed by atoms with E-state index in [4.69, 9.17) is 0 Å². The Kier molecular flexibility index (Phi) is 4.32. The first-order valence-corrected chi connectivity index (χ1v) is 7.29. The number of hydrogen-bond acceptors (Lipinski definition) is 5. The number of hydrogen-bond donors (Lipinski definition) is 1. The first kappa shape index (κ1) is 16.2. The van der Waals surface area contributed by atoms with Gasteiger partial charge in [0, 0.05) is 37.7 Å². The molecule has 126 valence electrons. The van der Waals surface area contributed by atoms with Gasteiger partial charge in [0.15, 0.2) is 0 Å². The SMILES string of the molecule is O=C(N[C@H]1CCN(c2ccccn2)C1)c1cnc(C(F)(F)F)nc1. The van der Waals surface area contributed by atoms with Gasteiger partial charge in [0.2, 0.25) is 5.82 Å². The van der Waals surface area contributed by atoms with Crippen molar-refractivity contribution in [1.29, 1.82) is 0 Å². The van der Waals surface area contributed by atoms with E-state index in [0.717, 1.165) is 31.2 Å². The lowest BCUT2D eigenvalue weighted by molar-refractivity contribution is -0.145. The molecule has 0 aromatic carbocycles. The van der Waals surface area contributed by atoms with Crippen LogP contribution in [0.15, 0.2) is 36.8 Å². The summed E-state index contributed by atoms with van der Waals surface area (Å²) >= 11 is 0. The van der Waals surface area contributed by atoms with Gasteiger partial charge in [-0.3, -0.25) is 4.79 Å². The average Bonchev–Trinajstić information content (AvgIpc) is 3.03. The Labute approximate surface area is 135 Å². The molecule has 0 spiro atoms. The number of amides is 1. The molecule has 6 nitrogen and oxygen atoms in total. The summed E-state index contributed by atoms with van der Waals surface area (Å²) in [6.45, 7) is 1.33. The molecule has 0 radical (unpaired) electrons. The summed E-state index contributed by atoms with van der Waals surface area (Å²) in [5.41, 5.74) is -0.000661. The highest BCUT2D eigenvalue weighted by Gasteiger charge is 2.34. The second-order valence-electron chi connectivity index (χ2n) is 5.39. The van der Waals surface area contributed by atoms with Gasteiger partial charge in [0.1, 0.15) is 5.82 Å². The van der Waals surface area contributed by atoms with E-state index in [1.54, 1.807) is 6.20 Å². The van der Waals surface area contributed by atoms with E-state index in [1.165, 1.54) is 0 Å². The van der Waals surface area contributed by atoms with Crippen LogP contribution in [0.3, 0.4) is 0 Å². The highest BCUT2D eigenvalue weighted by molar-refractivity contribution is 5.93. The van der Waals surface area contributed by atoms with E-state index in [1.807, 2.05) is 23.1 Å².